The zero-order valence-corrected chi connectivity index (χ0v) is 21.9. The maximum Gasteiger partial charge on any atom is 0.307 e. The number of hydrogen-bond acceptors (Lipinski definition) is 5. The van der Waals surface area contributed by atoms with E-state index in [0.29, 0.717) is 12.0 Å². The van der Waals surface area contributed by atoms with Crippen molar-refractivity contribution in [3.8, 4) is 22.6 Å². The Hall–Kier alpha value is -3.54. The summed E-state index contributed by atoms with van der Waals surface area (Å²) in [7, 11) is 1.65. The average molecular weight is 489 g/mol. The molecule has 3 aromatic rings. The van der Waals surface area contributed by atoms with Gasteiger partial charge < -0.3 is 19.5 Å². The Balaban J connectivity index is 1.64. The number of ether oxygens (including phenoxy) is 2. The first-order valence-electron chi connectivity index (χ1n) is 12.5. The van der Waals surface area contributed by atoms with E-state index in [1.54, 1.807) is 7.11 Å². The van der Waals surface area contributed by atoms with E-state index in [0.717, 1.165) is 76.8 Å². The molecule has 0 atom stereocenters. The molecular formula is C30H36N2O4. The third kappa shape index (κ3) is 5.81. The first-order valence-corrected chi connectivity index (χ1v) is 12.5. The number of carbonyl (C=O) groups is 1. The lowest BCUT2D eigenvalue weighted by Gasteiger charge is -2.40. The van der Waals surface area contributed by atoms with E-state index in [1.807, 2.05) is 62.4 Å². The van der Waals surface area contributed by atoms with Crippen LogP contribution in [0.5, 0.6) is 11.5 Å². The smallest absolute Gasteiger partial charge is 0.307 e. The molecule has 0 aliphatic carbocycles. The van der Waals surface area contributed by atoms with Crippen LogP contribution < -0.4 is 14.4 Å². The van der Waals surface area contributed by atoms with E-state index in [1.165, 1.54) is 0 Å². The molecule has 36 heavy (non-hydrogen) atoms. The topological polar surface area (TPSA) is 71.9 Å². The molecule has 0 radical (unpaired) electrons. The molecule has 0 saturated carbocycles. The third-order valence-corrected chi connectivity index (χ3v) is 7.13. The highest BCUT2D eigenvalue weighted by molar-refractivity contribution is 5.86. The number of carboxylic acid groups (broad SMARTS) is 1. The summed E-state index contributed by atoms with van der Waals surface area (Å²) in [5.74, 6) is 0.760. The molecule has 1 aromatic heterocycles. The molecular weight excluding hydrogens is 452 g/mol. The predicted molar refractivity (Wildman–Crippen MR) is 143 cm³/mol. The molecule has 6 heteroatoms. The van der Waals surface area contributed by atoms with Gasteiger partial charge in [-0.1, -0.05) is 38.1 Å². The SMILES string of the molecule is COc1ccc(COc2ccc(-c3c(C)nc(C)c(CC(=O)O)c3N3CCC(C)(C)CC3)cc2)cc1. The molecule has 0 spiro atoms. The second-order valence-electron chi connectivity index (χ2n) is 10.4. The minimum absolute atomic E-state index is 0.0373. The average Bonchev–Trinajstić information content (AvgIpc) is 2.85. The van der Waals surface area contributed by atoms with Crippen molar-refractivity contribution in [2.75, 3.05) is 25.1 Å². The van der Waals surface area contributed by atoms with E-state index in [-0.39, 0.29) is 6.42 Å². The second kappa shape index (κ2) is 10.6. The first kappa shape index (κ1) is 25.5. The van der Waals surface area contributed by atoms with Crippen molar-refractivity contribution in [3.63, 3.8) is 0 Å². The fourth-order valence-corrected chi connectivity index (χ4v) is 4.87. The summed E-state index contributed by atoms with van der Waals surface area (Å²) in [6, 6.07) is 15.9. The maximum atomic E-state index is 11.8. The van der Waals surface area contributed by atoms with Gasteiger partial charge in [-0.25, -0.2) is 0 Å². The Bertz CT molecular complexity index is 1210. The van der Waals surface area contributed by atoms with Crippen LogP contribution in [0.15, 0.2) is 48.5 Å². The van der Waals surface area contributed by atoms with Crippen LogP contribution in [0.4, 0.5) is 5.69 Å². The number of aryl methyl sites for hydroxylation is 2. The molecule has 6 nitrogen and oxygen atoms in total. The Kier molecular flexibility index (Phi) is 7.53. The fourth-order valence-electron chi connectivity index (χ4n) is 4.87. The first-order chi connectivity index (χ1) is 17.2. The largest absolute Gasteiger partial charge is 0.497 e. The molecule has 1 fully saturated rings. The summed E-state index contributed by atoms with van der Waals surface area (Å²) >= 11 is 0. The van der Waals surface area contributed by atoms with Gasteiger partial charge in [0.05, 0.1) is 19.2 Å². The number of carboxylic acids is 1. The van der Waals surface area contributed by atoms with Crippen LogP contribution in [0, 0.1) is 19.3 Å². The highest BCUT2D eigenvalue weighted by Crippen LogP contribution is 2.41. The zero-order chi connectivity index (χ0) is 25.9. The van der Waals surface area contributed by atoms with E-state index in [9.17, 15) is 9.90 Å². The number of benzene rings is 2. The lowest BCUT2D eigenvalue weighted by atomic mass is 9.82. The molecule has 2 heterocycles. The number of pyridine rings is 1. The summed E-state index contributed by atoms with van der Waals surface area (Å²) in [5.41, 5.74) is 6.91. The molecule has 190 valence electrons. The van der Waals surface area contributed by atoms with Gasteiger partial charge in [0.1, 0.15) is 18.1 Å². The number of piperidine rings is 1. The van der Waals surface area contributed by atoms with Crippen molar-refractivity contribution < 1.29 is 19.4 Å². The number of nitrogens with zero attached hydrogens (tertiary/aromatic N) is 2. The molecule has 0 bridgehead atoms. The Morgan fingerprint density at radius 1 is 0.972 bits per heavy atom. The highest BCUT2D eigenvalue weighted by Gasteiger charge is 2.30. The highest BCUT2D eigenvalue weighted by atomic mass is 16.5. The maximum absolute atomic E-state index is 11.8. The van der Waals surface area contributed by atoms with Gasteiger partial charge >= 0.3 is 5.97 Å². The van der Waals surface area contributed by atoms with Gasteiger partial charge in [0.2, 0.25) is 0 Å². The quantitative estimate of drug-likeness (QED) is 0.407. The summed E-state index contributed by atoms with van der Waals surface area (Å²) < 4.78 is 11.2. The van der Waals surface area contributed by atoms with Crippen molar-refractivity contribution in [1.82, 2.24) is 4.98 Å². The second-order valence-corrected chi connectivity index (χ2v) is 10.4. The van der Waals surface area contributed by atoms with Crippen LogP contribution in [0.1, 0.15) is 49.2 Å². The number of methoxy groups -OCH3 is 1. The summed E-state index contributed by atoms with van der Waals surface area (Å²) in [6.45, 7) is 10.8. The van der Waals surface area contributed by atoms with Gasteiger partial charge in [-0.2, -0.15) is 0 Å². The van der Waals surface area contributed by atoms with Gasteiger partial charge in [-0.05, 0) is 67.5 Å². The predicted octanol–water partition coefficient (Wildman–Crippen LogP) is 6.21. The molecule has 1 N–H and O–H groups in total. The normalized spacial score (nSPS) is 15.0. The third-order valence-electron chi connectivity index (χ3n) is 7.13. The molecule has 2 aromatic carbocycles. The van der Waals surface area contributed by atoms with Crippen molar-refractivity contribution >= 4 is 11.7 Å². The number of aliphatic carboxylic acids is 1. The summed E-state index contributed by atoms with van der Waals surface area (Å²) in [5, 5.41) is 9.68. The van der Waals surface area contributed by atoms with Gasteiger partial charge in [0.25, 0.3) is 0 Å². The van der Waals surface area contributed by atoms with Crippen LogP contribution in [-0.2, 0) is 17.8 Å². The zero-order valence-electron chi connectivity index (χ0n) is 21.9. The van der Waals surface area contributed by atoms with Crippen molar-refractivity contribution in [2.45, 2.75) is 53.6 Å². The van der Waals surface area contributed by atoms with Crippen LogP contribution >= 0.6 is 0 Å². The summed E-state index contributed by atoms with van der Waals surface area (Å²) in [4.78, 5) is 18.9. The number of rotatable bonds is 8. The van der Waals surface area contributed by atoms with Gasteiger partial charge in [-0.15, -0.1) is 0 Å². The van der Waals surface area contributed by atoms with Crippen molar-refractivity contribution in [2.24, 2.45) is 5.41 Å². The van der Waals surface area contributed by atoms with Crippen LogP contribution in [0.3, 0.4) is 0 Å². The van der Waals surface area contributed by atoms with E-state index >= 15 is 0 Å². The summed E-state index contributed by atoms with van der Waals surface area (Å²) in [6.07, 6.45) is 2.10. The lowest BCUT2D eigenvalue weighted by molar-refractivity contribution is -0.136. The minimum Gasteiger partial charge on any atom is -0.497 e. The van der Waals surface area contributed by atoms with Gasteiger partial charge in [0, 0.05) is 35.6 Å². The van der Waals surface area contributed by atoms with Crippen LogP contribution in [0.2, 0.25) is 0 Å². The minimum atomic E-state index is -0.837. The molecule has 0 amide bonds. The molecule has 1 aliphatic heterocycles. The number of hydrogen-bond donors (Lipinski definition) is 1. The lowest BCUT2D eigenvalue weighted by Crippen LogP contribution is -2.38. The molecule has 4 rings (SSSR count). The van der Waals surface area contributed by atoms with Crippen LogP contribution in [0.25, 0.3) is 11.1 Å². The number of anilines is 1. The molecule has 0 unspecified atom stereocenters. The van der Waals surface area contributed by atoms with E-state index in [4.69, 9.17) is 14.5 Å². The Labute approximate surface area is 213 Å². The number of aromatic nitrogens is 1. The standard InChI is InChI=1S/C30H36N2O4/c1-20-26(18-27(33)34)29(32-16-14-30(3,4)15-17-32)28(21(2)31-20)23-8-12-25(13-9-23)36-19-22-6-10-24(35-5)11-7-22/h6-13H,14-19H2,1-5H3,(H,33,34). The van der Waals surface area contributed by atoms with Crippen LogP contribution in [-0.4, -0.2) is 36.3 Å². The molecule has 1 saturated heterocycles. The monoisotopic (exact) mass is 488 g/mol. The molecule has 1 aliphatic rings. The fraction of sp³-hybridized carbons (Fsp3) is 0.400. The van der Waals surface area contributed by atoms with Crippen molar-refractivity contribution in [3.05, 3.63) is 71.0 Å². The van der Waals surface area contributed by atoms with Gasteiger partial charge in [0.15, 0.2) is 0 Å². The van der Waals surface area contributed by atoms with E-state index < -0.39 is 5.97 Å². The Morgan fingerprint density at radius 2 is 1.58 bits per heavy atom. The van der Waals surface area contributed by atoms with Gasteiger partial charge in [-0.3, -0.25) is 9.78 Å². The Morgan fingerprint density at radius 3 is 2.17 bits per heavy atom. The van der Waals surface area contributed by atoms with Crippen molar-refractivity contribution in [1.29, 1.82) is 0 Å². The van der Waals surface area contributed by atoms with E-state index in [2.05, 4.69) is 18.7 Å².